The average Bonchev–Trinajstić information content (AvgIpc) is 3.23. The van der Waals surface area contributed by atoms with Gasteiger partial charge in [0, 0.05) is 10.3 Å². The van der Waals surface area contributed by atoms with Gasteiger partial charge in [0.05, 0.1) is 5.56 Å². The number of hydrazine groups is 1. The second-order valence-corrected chi connectivity index (χ2v) is 9.81. The molecule has 0 radical (unpaired) electrons. The molecule has 0 aromatic carbocycles. The maximum absolute atomic E-state index is 12.8. The van der Waals surface area contributed by atoms with Crippen LogP contribution in [0.4, 0.5) is 4.79 Å². The zero-order chi connectivity index (χ0) is 21.5. The van der Waals surface area contributed by atoms with Crippen LogP contribution < -0.4 is 10.7 Å². The first-order chi connectivity index (χ1) is 14.3. The van der Waals surface area contributed by atoms with E-state index in [0.717, 1.165) is 42.7 Å². The molecule has 9 heteroatoms. The van der Waals surface area contributed by atoms with E-state index in [1.54, 1.807) is 16.7 Å². The van der Waals surface area contributed by atoms with E-state index in [2.05, 4.69) is 24.6 Å². The minimum absolute atomic E-state index is 0.444. The predicted octanol–water partition coefficient (Wildman–Crippen LogP) is 2.56. The maximum Gasteiger partial charge on any atom is 0.344 e. The van der Waals surface area contributed by atoms with Crippen molar-refractivity contribution in [3.05, 3.63) is 21.4 Å². The van der Waals surface area contributed by atoms with E-state index in [9.17, 15) is 19.2 Å². The summed E-state index contributed by atoms with van der Waals surface area (Å²) in [5.74, 6) is -0.599. The highest BCUT2D eigenvalue weighted by Crippen LogP contribution is 2.36. The first-order valence-corrected chi connectivity index (χ1v) is 11.4. The van der Waals surface area contributed by atoms with Crippen molar-refractivity contribution in [3.63, 3.8) is 0 Å². The van der Waals surface area contributed by atoms with Gasteiger partial charge < -0.3 is 10.1 Å². The second kappa shape index (κ2) is 8.02. The van der Waals surface area contributed by atoms with Gasteiger partial charge in [0.15, 0.2) is 6.61 Å². The molecule has 2 heterocycles. The number of ether oxygens (including phenoxy) is 1. The van der Waals surface area contributed by atoms with Crippen LogP contribution in [0.2, 0.25) is 0 Å². The van der Waals surface area contributed by atoms with Crippen LogP contribution >= 0.6 is 11.3 Å². The number of thiophene rings is 1. The first kappa shape index (κ1) is 20.8. The highest BCUT2D eigenvalue weighted by Gasteiger charge is 2.52. The quantitative estimate of drug-likeness (QED) is 0.561. The standard InChI is InChI=1S/C21H27N3O5S/c1-12-5-7-21(8-6-12)19(27)24(20(28)22-21)23-17(25)10-29-18(26)15-11-30-16-9-13(2)3-4-14(15)16/h11-13H,3-10H2,1-2H3,(H,22,28)(H,23,25). The number of carbonyl (C=O) groups excluding carboxylic acids is 4. The van der Waals surface area contributed by atoms with Crippen LogP contribution in [-0.4, -0.2) is 41.0 Å². The number of carbonyl (C=O) groups is 4. The molecule has 1 aromatic heterocycles. The molecule has 1 atom stereocenters. The van der Waals surface area contributed by atoms with Crippen molar-refractivity contribution in [2.24, 2.45) is 11.8 Å². The van der Waals surface area contributed by atoms with E-state index >= 15 is 0 Å². The van der Waals surface area contributed by atoms with Crippen LogP contribution in [0.15, 0.2) is 5.38 Å². The average molecular weight is 434 g/mol. The molecule has 1 spiro atoms. The predicted molar refractivity (Wildman–Crippen MR) is 110 cm³/mol. The van der Waals surface area contributed by atoms with Gasteiger partial charge in [-0.3, -0.25) is 15.0 Å². The summed E-state index contributed by atoms with van der Waals surface area (Å²) in [5.41, 5.74) is 2.89. The number of nitrogens with one attached hydrogen (secondary N) is 2. The SMILES string of the molecule is CC1CCC2(CC1)NC(=O)N(NC(=O)COC(=O)c1csc3c1CCC(C)C3)C2=O. The Morgan fingerprint density at radius 3 is 2.70 bits per heavy atom. The molecule has 2 fully saturated rings. The van der Waals surface area contributed by atoms with E-state index in [1.807, 2.05) is 0 Å². The van der Waals surface area contributed by atoms with Gasteiger partial charge in [-0.15, -0.1) is 11.3 Å². The molecule has 0 bridgehead atoms. The lowest BCUT2D eigenvalue weighted by Gasteiger charge is -2.33. The third-order valence-electron chi connectivity index (χ3n) is 6.48. The summed E-state index contributed by atoms with van der Waals surface area (Å²) >= 11 is 1.55. The minimum atomic E-state index is -0.930. The summed E-state index contributed by atoms with van der Waals surface area (Å²) in [7, 11) is 0. The number of amides is 4. The van der Waals surface area contributed by atoms with Gasteiger partial charge in [-0.25, -0.2) is 9.59 Å². The van der Waals surface area contributed by atoms with Crippen molar-refractivity contribution in [1.29, 1.82) is 0 Å². The van der Waals surface area contributed by atoms with E-state index < -0.39 is 36.0 Å². The van der Waals surface area contributed by atoms with E-state index in [0.29, 0.717) is 30.2 Å². The lowest BCUT2D eigenvalue weighted by molar-refractivity contribution is -0.141. The molecule has 1 unspecified atom stereocenters. The Labute approximate surface area is 179 Å². The summed E-state index contributed by atoms with van der Waals surface area (Å²) in [5, 5.41) is 5.24. The molecule has 4 amide bonds. The van der Waals surface area contributed by atoms with Crippen molar-refractivity contribution in [2.75, 3.05) is 6.61 Å². The highest BCUT2D eigenvalue weighted by molar-refractivity contribution is 7.10. The van der Waals surface area contributed by atoms with Gasteiger partial charge >= 0.3 is 12.0 Å². The Bertz CT molecular complexity index is 887. The van der Waals surface area contributed by atoms with Gasteiger partial charge in [0.2, 0.25) is 0 Å². The van der Waals surface area contributed by atoms with Gasteiger partial charge in [0.1, 0.15) is 5.54 Å². The smallest absolute Gasteiger partial charge is 0.344 e. The normalized spacial score (nSPS) is 28.3. The second-order valence-electron chi connectivity index (χ2n) is 8.85. The molecule has 1 aliphatic heterocycles. The molecule has 2 N–H and O–H groups in total. The molecule has 162 valence electrons. The Hall–Kier alpha value is -2.42. The fourth-order valence-corrected chi connectivity index (χ4v) is 5.76. The van der Waals surface area contributed by atoms with Crippen LogP contribution in [0, 0.1) is 11.8 Å². The fraction of sp³-hybridized carbons (Fsp3) is 0.619. The number of nitrogens with zero attached hydrogens (tertiary/aromatic N) is 1. The topological polar surface area (TPSA) is 105 Å². The number of rotatable bonds is 4. The molecular formula is C21H27N3O5S. The van der Waals surface area contributed by atoms with E-state index in [4.69, 9.17) is 4.74 Å². The molecule has 30 heavy (non-hydrogen) atoms. The zero-order valence-corrected chi connectivity index (χ0v) is 18.1. The third-order valence-corrected chi connectivity index (χ3v) is 7.53. The number of imide groups is 1. The molecule has 8 nitrogen and oxygen atoms in total. The first-order valence-electron chi connectivity index (χ1n) is 10.5. The number of urea groups is 1. The van der Waals surface area contributed by atoms with Crippen LogP contribution in [0.3, 0.4) is 0 Å². The molecule has 3 aliphatic rings. The number of hydrogen-bond donors (Lipinski definition) is 2. The van der Waals surface area contributed by atoms with Crippen LogP contribution in [0.5, 0.6) is 0 Å². The minimum Gasteiger partial charge on any atom is -0.452 e. The Morgan fingerprint density at radius 2 is 1.97 bits per heavy atom. The van der Waals surface area contributed by atoms with Crippen molar-refractivity contribution in [2.45, 2.75) is 64.3 Å². The summed E-state index contributed by atoms with van der Waals surface area (Å²) in [6.07, 6.45) is 5.62. The van der Waals surface area contributed by atoms with Gasteiger partial charge in [0.25, 0.3) is 11.8 Å². The lowest BCUT2D eigenvalue weighted by Crippen LogP contribution is -2.52. The van der Waals surface area contributed by atoms with Crippen LogP contribution in [0.25, 0.3) is 0 Å². The molecule has 1 saturated carbocycles. The Morgan fingerprint density at radius 1 is 1.23 bits per heavy atom. The van der Waals surface area contributed by atoms with Crippen LogP contribution in [0.1, 0.15) is 66.8 Å². The maximum atomic E-state index is 12.8. The fourth-order valence-electron chi connectivity index (χ4n) is 4.53. The van der Waals surface area contributed by atoms with E-state index in [1.165, 1.54) is 4.88 Å². The summed E-state index contributed by atoms with van der Waals surface area (Å²) in [4.78, 5) is 50.9. The molecular weight excluding hydrogens is 406 g/mol. The number of fused-ring (bicyclic) bond motifs is 1. The summed E-state index contributed by atoms with van der Waals surface area (Å²) in [6, 6.07) is -0.643. The van der Waals surface area contributed by atoms with Gasteiger partial charge in [-0.1, -0.05) is 13.8 Å². The largest absolute Gasteiger partial charge is 0.452 e. The monoisotopic (exact) mass is 433 g/mol. The third kappa shape index (κ3) is 3.82. The summed E-state index contributed by atoms with van der Waals surface area (Å²) in [6.45, 7) is 3.76. The number of hydrogen-bond acceptors (Lipinski definition) is 6. The van der Waals surface area contributed by atoms with Gasteiger partial charge in [-0.05, 0) is 62.3 Å². The molecule has 1 aromatic rings. The van der Waals surface area contributed by atoms with E-state index in [-0.39, 0.29) is 0 Å². The van der Waals surface area contributed by atoms with Crippen molar-refractivity contribution in [3.8, 4) is 0 Å². The van der Waals surface area contributed by atoms with Crippen molar-refractivity contribution < 1.29 is 23.9 Å². The Balaban J connectivity index is 1.33. The molecule has 2 aliphatic carbocycles. The van der Waals surface area contributed by atoms with Gasteiger partial charge in [-0.2, -0.15) is 5.01 Å². The summed E-state index contributed by atoms with van der Waals surface area (Å²) < 4.78 is 5.16. The van der Waals surface area contributed by atoms with Crippen molar-refractivity contribution in [1.82, 2.24) is 15.8 Å². The lowest BCUT2D eigenvalue weighted by atomic mass is 9.77. The molecule has 1 saturated heterocycles. The molecule has 4 rings (SSSR count). The highest BCUT2D eigenvalue weighted by atomic mass is 32.1. The van der Waals surface area contributed by atoms with Crippen molar-refractivity contribution >= 4 is 35.2 Å². The van der Waals surface area contributed by atoms with Crippen LogP contribution in [-0.2, 0) is 27.2 Å². The zero-order valence-electron chi connectivity index (χ0n) is 17.3. The number of esters is 1. The Kier molecular flexibility index (Phi) is 5.57.